The number of aliphatic imine (C=N–C) groups is 2. The number of hydrogen-bond donors (Lipinski definition) is 2. The van der Waals surface area contributed by atoms with Gasteiger partial charge in [-0.3, -0.25) is 19.7 Å². The molecule has 2 aliphatic rings. The monoisotopic (exact) mass is 786 g/mol. The molecule has 2 N–H and O–H groups in total. The van der Waals surface area contributed by atoms with Gasteiger partial charge in [0.25, 0.3) is 5.91 Å². The number of anilines is 2. The number of benzene rings is 1. The van der Waals surface area contributed by atoms with E-state index >= 15 is 4.48 Å². The van der Waals surface area contributed by atoms with E-state index in [4.69, 9.17) is 37.4 Å². The average molecular weight is 789 g/mol. The average Bonchev–Trinajstić information content (AvgIpc) is 3.47. The molecule has 1 saturated heterocycles. The van der Waals surface area contributed by atoms with Crippen LogP contribution in [0.15, 0.2) is 66.4 Å². The number of methoxy groups -OCH3 is 2. The van der Waals surface area contributed by atoms with Gasteiger partial charge in [-0.1, -0.05) is 16.1 Å². The molecule has 1 fully saturated rings. The number of aliphatic hydroxyl groups excluding tert-OH is 1. The zero-order valence-electron chi connectivity index (χ0n) is 27.2. The van der Waals surface area contributed by atoms with E-state index in [1.54, 1.807) is 12.1 Å². The highest BCUT2D eigenvalue weighted by Gasteiger charge is 2.31. The number of rotatable bonds is 12. The number of nitrogens with one attached hydrogen (secondary N) is 1. The van der Waals surface area contributed by atoms with Crippen molar-refractivity contribution < 1.29 is 28.6 Å². The Bertz CT molecular complexity index is 1640. The number of alkyl halides is 1. The smallest absolute Gasteiger partial charge is 0.258 e. The molecular formula is C32H38BrCl2FN6O5S. The summed E-state index contributed by atoms with van der Waals surface area (Å²) < 4.78 is 33.8. The van der Waals surface area contributed by atoms with Crippen LogP contribution in [-0.2, 0) is 9.47 Å². The lowest BCUT2D eigenvalue weighted by Gasteiger charge is -2.36. The molecule has 16 heteroatoms. The van der Waals surface area contributed by atoms with Gasteiger partial charge >= 0.3 is 0 Å². The highest BCUT2D eigenvalue weighted by atomic mass is 79.9. The molecule has 48 heavy (non-hydrogen) atoms. The number of halogens is 4. The second-order valence-electron chi connectivity index (χ2n) is 10.9. The van der Waals surface area contributed by atoms with Crippen LogP contribution in [0.2, 0.25) is 0 Å². The van der Waals surface area contributed by atoms with Crippen molar-refractivity contribution in [2.75, 3.05) is 70.6 Å². The predicted octanol–water partition coefficient (Wildman–Crippen LogP) is 6.33. The molecule has 2 aromatic rings. The lowest BCUT2D eigenvalue weighted by molar-refractivity contribution is 0.0966. The summed E-state index contributed by atoms with van der Waals surface area (Å²) in [5.74, 6) is 0.198. The molecule has 11 nitrogen and oxygen atoms in total. The molecule has 1 atom stereocenters. The highest BCUT2D eigenvalue weighted by Crippen LogP contribution is 2.40. The van der Waals surface area contributed by atoms with Crippen molar-refractivity contribution in [3.05, 3.63) is 66.8 Å². The zero-order valence-corrected chi connectivity index (χ0v) is 31.1. The van der Waals surface area contributed by atoms with Crippen LogP contribution < -0.4 is 20.1 Å². The SMILES string of the molecule is C=Nc1c(C(=O)NC2=C(Cl)C(OC)=C(Br)C(OC)=CC2Cl)csc1/C(=N\C)N(F)c1ccc(N2CCN(CCO)CC2)cc1OC(C)C. The van der Waals surface area contributed by atoms with Crippen LogP contribution in [0.5, 0.6) is 5.75 Å². The minimum absolute atomic E-state index is 0.0588. The third kappa shape index (κ3) is 8.17. The summed E-state index contributed by atoms with van der Waals surface area (Å²) in [6.45, 7) is 11.2. The molecule has 1 unspecified atom stereocenters. The van der Waals surface area contributed by atoms with Crippen LogP contribution in [0.4, 0.5) is 21.5 Å². The number of nitrogens with zero attached hydrogens (tertiary/aromatic N) is 5. The van der Waals surface area contributed by atoms with Crippen LogP contribution in [0.3, 0.4) is 0 Å². The first-order valence-corrected chi connectivity index (χ1v) is 17.4. The summed E-state index contributed by atoms with van der Waals surface area (Å²) in [5.41, 5.74) is 1.40. The summed E-state index contributed by atoms with van der Waals surface area (Å²) in [4.78, 5) is 26.6. The van der Waals surface area contributed by atoms with Crippen LogP contribution in [0, 0.1) is 0 Å². The third-order valence-electron chi connectivity index (χ3n) is 7.54. The first-order valence-electron chi connectivity index (χ1n) is 14.9. The Morgan fingerprint density at radius 2 is 1.98 bits per heavy atom. The van der Waals surface area contributed by atoms with E-state index in [0.717, 1.165) is 43.2 Å². The van der Waals surface area contributed by atoms with Crippen molar-refractivity contribution >= 4 is 86.0 Å². The summed E-state index contributed by atoms with van der Waals surface area (Å²) in [5, 5.41) is 13.2. The van der Waals surface area contributed by atoms with Gasteiger partial charge in [0.05, 0.1) is 54.1 Å². The van der Waals surface area contributed by atoms with Crippen molar-refractivity contribution in [2.24, 2.45) is 9.98 Å². The fourth-order valence-electron chi connectivity index (χ4n) is 5.19. The molecule has 260 valence electrons. The van der Waals surface area contributed by atoms with Gasteiger partial charge in [-0.05, 0) is 54.7 Å². The Labute approximate surface area is 302 Å². The zero-order chi connectivity index (χ0) is 35.1. The number of aliphatic hydroxyl groups is 1. The predicted molar refractivity (Wildman–Crippen MR) is 196 cm³/mol. The van der Waals surface area contributed by atoms with E-state index in [1.807, 2.05) is 26.0 Å². The fraction of sp³-hybridized carbons (Fsp3) is 0.406. The molecule has 4 rings (SSSR count). The number of piperazine rings is 1. The molecule has 1 aromatic carbocycles. The van der Waals surface area contributed by atoms with Crippen molar-refractivity contribution in [1.82, 2.24) is 10.2 Å². The van der Waals surface area contributed by atoms with Crippen LogP contribution in [0.25, 0.3) is 0 Å². The van der Waals surface area contributed by atoms with Crippen LogP contribution in [0.1, 0.15) is 29.1 Å². The lowest BCUT2D eigenvalue weighted by atomic mass is 10.2. The standard InChI is InChI=1S/C32H38BrCl2FN6O5S/c1-18(2)47-23-15-19(41-11-9-40(10-12-41)13-14-43)7-8-22(23)42(36)31(38-4)30-27(37-3)20(17-48-30)32(44)39-28-21(34)16-24(45-5)25(33)29(46-6)26(28)35/h7-8,15-18,21,43H,3,9-14H2,1-2,4-6H3,(H,39,44)/b38-31+. The normalized spacial score (nSPS) is 17.7. The number of ether oxygens (including phenoxy) is 3. The summed E-state index contributed by atoms with van der Waals surface area (Å²) in [7, 11) is 4.33. The number of thiophene rings is 1. The number of carbonyl (C=O) groups is 1. The number of β-amino-alcohol motifs (C(OH)–C–C–N with tert-alkyl or cyclic N) is 1. The van der Waals surface area contributed by atoms with Crippen molar-refractivity contribution in [3.8, 4) is 5.75 Å². The van der Waals surface area contributed by atoms with Crippen molar-refractivity contribution in [2.45, 2.75) is 25.3 Å². The lowest BCUT2D eigenvalue weighted by Crippen LogP contribution is -2.47. The van der Waals surface area contributed by atoms with E-state index in [-0.39, 0.29) is 56.9 Å². The van der Waals surface area contributed by atoms with E-state index in [0.29, 0.717) is 27.7 Å². The quantitative estimate of drug-likeness (QED) is 0.111. The molecule has 0 saturated carbocycles. The fourth-order valence-corrected chi connectivity index (χ4v) is 7.65. The largest absolute Gasteiger partial charge is 0.496 e. The highest BCUT2D eigenvalue weighted by molar-refractivity contribution is 9.12. The Kier molecular flexibility index (Phi) is 13.3. The van der Waals surface area contributed by atoms with E-state index in [2.05, 4.69) is 47.7 Å². The number of carbonyl (C=O) groups excluding carboxylic acids is 1. The first-order chi connectivity index (χ1) is 23.0. The number of amidine groups is 1. The van der Waals surface area contributed by atoms with Crippen LogP contribution in [-0.4, -0.2) is 101 Å². The van der Waals surface area contributed by atoms with Gasteiger partial charge in [0, 0.05) is 56.9 Å². The van der Waals surface area contributed by atoms with Gasteiger partial charge in [0.1, 0.15) is 26.7 Å². The third-order valence-corrected chi connectivity index (χ3v) is 9.97. The molecule has 0 bridgehead atoms. The molecular weight excluding hydrogens is 750 g/mol. The minimum atomic E-state index is -0.893. The first kappa shape index (κ1) is 37.7. The molecule has 1 aromatic heterocycles. The topological polar surface area (TPSA) is 111 Å². The summed E-state index contributed by atoms with van der Waals surface area (Å²) in [6, 6.07) is 5.29. The van der Waals surface area contributed by atoms with E-state index in [1.165, 1.54) is 26.6 Å². The van der Waals surface area contributed by atoms with Gasteiger partial charge in [-0.25, -0.2) is 0 Å². The summed E-state index contributed by atoms with van der Waals surface area (Å²) >= 11 is 17.7. The number of hydrogen-bond acceptors (Lipinski definition) is 10. The van der Waals surface area contributed by atoms with Crippen LogP contribution >= 0.6 is 50.5 Å². The molecule has 0 radical (unpaired) electrons. The Morgan fingerprint density at radius 3 is 2.56 bits per heavy atom. The second-order valence-corrected chi connectivity index (χ2v) is 13.4. The van der Waals surface area contributed by atoms with Gasteiger partial charge < -0.3 is 29.5 Å². The molecule has 1 amide bonds. The Morgan fingerprint density at radius 1 is 1.27 bits per heavy atom. The molecule has 1 aliphatic carbocycles. The Hall–Kier alpha value is -3.14. The summed E-state index contributed by atoms with van der Waals surface area (Å²) in [6.07, 6.45) is 1.32. The van der Waals surface area contributed by atoms with Gasteiger partial charge in [0.2, 0.25) is 0 Å². The molecule has 2 heterocycles. The minimum Gasteiger partial charge on any atom is -0.496 e. The van der Waals surface area contributed by atoms with E-state index in [9.17, 15) is 9.90 Å². The maximum absolute atomic E-state index is 16.5. The maximum Gasteiger partial charge on any atom is 0.258 e. The van der Waals surface area contributed by atoms with Gasteiger partial charge in [-0.15, -0.1) is 22.9 Å². The second kappa shape index (κ2) is 17.0. The van der Waals surface area contributed by atoms with E-state index < -0.39 is 11.3 Å². The number of amides is 1. The van der Waals surface area contributed by atoms with Gasteiger partial charge in [-0.2, -0.15) is 5.12 Å². The van der Waals surface area contributed by atoms with Gasteiger partial charge in [0.15, 0.2) is 11.6 Å². The molecule has 1 aliphatic heterocycles. The number of allylic oxidation sites excluding steroid dienone is 3. The molecule has 0 spiro atoms. The maximum atomic E-state index is 16.5. The van der Waals surface area contributed by atoms with Crippen molar-refractivity contribution in [1.29, 1.82) is 0 Å². The Balaban J connectivity index is 1.64. The van der Waals surface area contributed by atoms with Crippen molar-refractivity contribution in [3.63, 3.8) is 0 Å².